The van der Waals surface area contributed by atoms with Crippen LogP contribution in [0, 0.1) is 0 Å². The highest BCUT2D eigenvalue weighted by Gasteiger charge is 2.26. The average molecular weight is 429 g/mol. The molecule has 1 amide bonds. The standard InChI is InChI=1S/C21H17ClN2O4S/c1-24-18-8-4-5-9-20(18)28-19-11-10-15(12-16(19)21(24)25)23-29(26,27)13-14-6-2-3-7-17(14)22/h2-12,23H,13H2,1H3. The number of sulfonamides is 1. The van der Waals surface area contributed by atoms with Gasteiger partial charge in [-0.25, -0.2) is 8.42 Å². The summed E-state index contributed by atoms with van der Waals surface area (Å²) in [7, 11) is -2.08. The molecule has 3 aromatic carbocycles. The lowest BCUT2D eigenvalue weighted by molar-refractivity contribution is 0.0993. The van der Waals surface area contributed by atoms with Crippen molar-refractivity contribution in [2.45, 2.75) is 5.75 Å². The summed E-state index contributed by atoms with van der Waals surface area (Å²) in [5.74, 6) is 0.339. The topological polar surface area (TPSA) is 75.7 Å². The molecule has 3 aromatic rings. The Morgan fingerprint density at radius 3 is 2.52 bits per heavy atom. The van der Waals surface area contributed by atoms with Crippen LogP contribution in [0.2, 0.25) is 5.02 Å². The van der Waals surface area contributed by atoms with Gasteiger partial charge in [0.1, 0.15) is 5.75 Å². The fourth-order valence-electron chi connectivity index (χ4n) is 3.11. The Balaban J connectivity index is 1.64. The number of nitrogens with zero attached hydrogens (tertiary/aromatic N) is 1. The molecule has 0 saturated heterocycles. The van der Waals surface area contributed by atoms with Gasteiger partial charge in [-0.1, -0.05) is 41.9 Å². The van der Waals surface area contributed by atoms with Crippen LogP contribution in [0.15, 0.2) is 66.7 Å². The molecule has 1 N–H and O–H groups in total. The Kier molecular flexibility index (Phi) is 4.94. The maximum atomic E-state index is 12.9. The van der Waals surface area contributed by atoms with E-state index in [1.54, 1.807) is 55.6 Å². The highest BCUT2D eigenvalue weighted by molar-refractivity contribution is 7.91. The number of fused-ring (bicyclic) bond motifs is 2. The summed E-state index contributed by atoms with van der Waals surface area (Å²) in [5.41, 5.74) is 1.66. The summed E-state index contributed by atoms with van der Waals surface area (Å²) >= 11 is 6.07. The zero-order valence-corrected chi connectivity index (χ0v) is 17.0. The monoisotopic (exact) mass is 428 g/mol. The van der Waals surface area contributed by atoms with Crippen LogP contribution < -0.4 is 14.4 Å². The van der Waals surface area contributed by atoms with Crippen molar-refractivity contribution in [2.24, 2.45) is 0 Å². The van der Waals surface area contributed by atoms with Crippen LogP contribution in [-0.4, -0.2) is 21.4 Å². The van der Waals surface area contributed by atoms with Crippen molar-refractivity contribution in [1.82, 2.24) is 0 Å². The van der Waals surface area contributed by atoms with Crippen molar-refractivity contribution in [1.29, 1.82) is 0 Å². The van der Waals surface area contributed by atoms with Crippen LogP contribution in [0.25, 0.3) is 0 Å². The summed E-state index contributed by atoms with van der Waals surface area (Å²) in [6, 6.07) is 18.6. The number of rotatable bonds is 4. The first kappa shape index (κ1) is 19.3. The normalized spacial score (nSPS) is 13.2. The van der Waals surface area contributed by atoms with Crippen LogP contribution in [0.3, 0.4) is 0 Å². The molecule has 0 unspecified atom stereocenters. The Morgan fingerprint density at radius 1 is 1.00 bits per heavy atom. The molecule has 0 bridgehead atoms. The van der Waals surface area contributed by atoms with Gasteiger partial charge in [-0.05, 0) is 42.0 Å². The third-order valence-electron chi connectivity index (χ3n) is 4.54. The smallest absolute Gasteiger partial charge is 0.261 e. The minimum Gasteiger partial charge on any atom is -0.454 e. The molecule has 1 aliphatic heterocycles. The number of carbonyl (C=O) groups is 1. The molecular formula is C21H17ClN2O4S. The number of halogens is 1. The van der Waals surface area contributed by atoms with E-state index in [4.69, 9.17) is 16.3 Å². The molecule has 6 nitrogen and oxygen atoms in total. The Labute approximate surface area is 173 Å². The number of benzene rings is 3. The van der Waals surface area contributed by atoms with Gasteiger partial charge in [0, 0.05) is 17.8 Å². The van der Waals surface area contributed by atoms with Crippen molar-refractivity contribution >= 4 is 38.9 Å². The highest BCUT2D eigenvalue weighted by Crippen LogP contribution is 2.39. The van der Waals surface area contributed by atoms with E-state index in [1.807, 2.05) is 12.1 Å². The highest BCUT2D eigenvalue weighted by atomic mass is 35.5. The molecule has 0 atom stereocenters. The van der Waals surface area contributed by atoms with Crippen molar-refractivity contribution in [3.8, 4) is 11.5 Å². The number of hydrogen-bond donors (Lipinski definition) is 1. The first-order valence-electron chi connectivity index (χ1n) is 8.77. The largest absolute Gasteiger partial charge is 0.454 e. The van der Waals surface area contributed by atoms with E-state index in [-0.39, 0.29) is 22.9 Å². The van der Waals surface area contributed by atoms with Crippen LogP contribution in [0.4, 0.5) is 11.4 Å². The third-order valence-corrected chi connectivity index (χ3v) is 6.14. The second-order valence-electron chi connectivity index (χ2n) is 6.60. The van der Waals surface area contributed by atoms with Crippen LogP contribution in [0.1, 0.15) is 15.9 Å². The van der Waals surface area contributed by atoms with Gasteiger partial charge in [-0.3, -0.25) is 9.52 Å². The van der Waals surface area contributed by atoms with E-state index < -0.39 is 10.0 Å². The van der Waals surface area contributed by atoms with Gasteiger partial charge >= 0.3 is 0 Å². The van der Waals surface area contributed by atoms with Crippen molar-refractivity contribution in [2.75, 3.05) is 16.7 Å². The number of carbonyl (C=O) groups excluding carboxylic acids is 1. The van der Waals surface area contributed by atoms with Crippen molar-refractivity contribution in [3.05, 3.63) is 82.9 Å². The first-order valence-corrected chi connectivity index (χ1v) is 10.8. The quantitative estimate of drug-likeness (QED) is 0.655. The van der Waals surface area contributed by atoms with Gasteiger partial charge in [-0.2, -0.15) is 0 Å². The van der Waals surface area contributed by atoms with Gasteiger partial charge in [0.05, 0.1) is 17.0 Å². The number of ether oxygens (including phenoxy) is 1. The molecule has 0 aromatic heterocycles. The average Bonchev–Trinajstić information content (AvgIpc) is 2.79. The summed E-state index contributed by atoms with van der Waals surface area (Å²) in [6.07, 6.45) is 0. The van der Waals surface area contributed by atoms with Gasteiger partial charge in [0.15, 0.2) is 5.75 Å². The Morgan fingerprint density at radius 2 is 1.72 bits per heavy atom. The molecular weight excluding hydrogens is 412 g/mol. The molecule has 0 saturated carbocycles. The fourth-order valence-corrected chi connectivity index (χ4v) is 4.62. The molecule has 0 aliphatic carbocycles. The Bertz CT molecular complexity index is 1210. The van der Waals surface area contributed by atoms with Gasteiger partial charge < -0.3 is 9.64 Å². The minimum atomic E-state index is -3.73. The summed E-state index contributed by atoms with van der Waals surface area (Å²) in [4.78, 5) is 14.4. The molecule has 0 radical (unpaired) electrons. The molecule has 8 heteroatoms. The number of para-hydroxylation sites is 2. The van der Waals surface area contributed by atoms with E-state index in [1.165, 1.54) is 11.0 Å². The predicted molar refractivity (Wildman–Crippen MR) is 113 cm³/mol. The van der Waals surface area contributed by atoms with Crippen LogP contribution >= 0.6 is 11.6 Å². The number of amides is 1. The van der Waals surface area contributed by atoms with E-state index in [2.05, 4.69) is 4.72 Å². The van der Waals surface area contributed by atoms with Gasteiger partial charge in [0.2, 0.25) is 10.0 Å². The lowest BCUT2D eigenvalue weighted by atomic mass is 10.1. The number of hydrogen-bond acceptors (Lipinski definition) is 4. The second-order valence-corrected chi connectivity index (χ2v) is 8.73. The van der Waals surface area contributed by atoms with E-state index >= 15 is 0 Å². The van der Waals surface area contributed by atoms with Crippen LogP contribution in [0.5, 0.6) is 11.5 Å². The molecule has 1 aliphatic rings. The molecule has 148 valence electrons. The molecule has 0 spiro atoms. The molecule has 4 rings (SSSR count). The summed E-state index contributed by atoms with van der Waals surface area (Å²) < 4.78 is 33.6. The first-order chi connectivity index (χ1) is 13.8. The summed E-state index contributed by atoms with van der Waals surface area (Å²) in [6.45, 7) is 0. The van der Waals surface area contributed by atoms with Gasteiger partial charge in [0.25, 0.3) is 5.91 Å². The van der Waals surface area contributed by atoms with Crippen molar-refractivity contribution < 1.29 is 17.9 Å². The zero-order valence-electron chi connectivity index (χ0n) is 15.4. The van der Waals surface area contributed by atoms with Gasteiger partial charge in [-0.15, -0.1) is 0 Å². The molecule has 0 fully saturated rings. The molecule has 29 heavy (non-hydrogen) atoms. The zero-order chi connectivity index (χ0) is 20.6. The van der Waals surface area contributed by atoms with Crippen LogP contribution in [-0.2, 0) is 15.8 Å². The van der Waals surface area contributed by atoms with E-state index in [0.29, 0.717) is 27.8 Å². The number of anilines is 2. The lowest BCUT2D eigenvalue weighted by Crippen LogP contribution is -2.25. The maximum Gasteiger partial charge on any atom is 0.261 e. The SMILES string of the molecule is CN1C(=O)c2cc(NS(=O)(=O)Cc3ccccc3Cl)ccc2Oc2ccccc21. The molecule has 1 heterocycles. The fraction of sp³-hybridized carbons (Fsp3) is 0.0952. The lowest BCUT2D eigenvalue weighted by Gasteiger charge is -2.16. The minimum absolute atomic E-state index is 0.265. The summed E-state index contributed by atoms with van der Waals surface area (Å²) in [5, 5.41) is 0.378. The van der Waals surface area contributed by atoms with Crippen molar-refractivity contribution in [3.63, 3.8) is 0 Å². The second kappa shape index (κ2) is 7.42. The van der Waals surface area contributed by atoms with E-state index in [9.17, 15) is 13.2 Å². The Hall–Kier alpha value is -3.03. The number of nitrogens with one attached hydrogen (secondary N) is 1. The van der Waals surface area contributed by atoms with E-state index in [0.717, 1.165) is 0 Å². The predicted octanol–water partition coefficient (Wildman–Crippen LogP) is 4.66. The maximum absolute atomic E-state index is 12.9. The third kappa shape index (κ3) is 3.92.